The number of imidazole rings is 1. The van der Waals surface area contributed by atoms with Gasteiger partial charge in [-0.15, -0.1) is 0 Å². The Morgan fingerprint density at radius 1 is 1.29 bits per heavy atom. The molecule has 150 valence electrons. The first-order chi connectivity index (χ1) is 13.2. The Balaban J connectivity index is 1.85. The lowest BCUT2D eigenvalue weighted by Crippen LogP contribution is -2.32. The van der Waals surface area contributed by atoms with Crippen LogP contribution in [0.5, 0.6) is 0 Å². The topological polar surface area (TPSA) is 81.9 Å². The van der Waals surface area contributed by atoms with Gasteiger partial charge in [0, 0.05) is 25.4 Å². The van der Waals surface area contributed by atoms with Crippen molar-refractivity contribution in [2.24, 2.45) is 0 Å². The van der Waals surface area contributed by atoms with Crippen LogP contribution in [-0.2, 0) is 11.5 Å². The Labute approximate surface area is 172 Å². The summed E-state index contributed by atoms with van der Waals surface area (Å²) in [5.41, 5.74) is 0.446. The number of halogens is 1. The standard InChI is InChI=1S/C19H25BrN4O3Si/c1-13(16-10-23(11-21-16)12-27-7-8-28(2,3)4)24-17-9-14(20)5-6-15(17)18(25)22-19(24)26/h5-6,9-11,13H,7-8,12H2,1-4H3,(H,22,25,26). The van der Waals surface area contributed by atoms with Crippen LogP contribution in [0, 0.1) is 0 Å². The first-order valence-corrected chi connectivity index (χ1v) is 13.7. The van der Waals surface area contributed by atoms with Gasteiger partial charge in [-0.2, -0.15) is 0 Å². The molecule has 0 radical (unpaired) electrons. The third-order valence-corrected chi connectivity index (χ3v) is 6.81. The van der Waals surface area contributed by atoms with Gasteiger partial charge in [0.2, 0.25) is 0 Å². The van der Waals surface area contributed by atoms with Crippen molar-refractivity contribution in [1.82, 2.24) is 19.1 Å². The van der Waals surface area contributed by atoms with E-state index in [9.17, 15) is 9.59 Å². The van der Waals surface area contributed by atoms with E-state index in [1.54, 1.807) is 29.1 Å². The van der Waals surface area contributed by atoms with Crippen LogP contribution < -0.4 is 11.2 Å². The Kier molecular flexibility index (Phi) is 6.06. The molecule has 0 aliphatic rings. The van der Waals surface area contributed by atoms with Crippen LogP contribution in [0.1, 0.15) is 18.7 Å². The molecule has 2 aromatic heterocycles. The summed E-state index contributed by atoms with van der Waals surface area (Å²) in [6, 6.07) is 6.02. The molecule has 1 unspecified atom stereocenters. The van der Waals surface area contributed by atoms with Crippen LogP contribution in [0.4, 0.5) is 0 Å². The summed E-state index contributed by atoms with van der Waals surface area (Å²) in [6.45, 7) is 10.0. The molecule has 28 heavy (non-hydrogen) atoms. The van der Waals surface area contributed by atoms with E-state index in [0.29, 0.717) is 17.6 Å². The number of nitrogens with one attached hydrogen (secondary N) is 1. The molecule has 1 N–H and O–H groups in total. The number of H-pyrrole nitrogens is 1. The average Bonchev–Trinajstić information content (AvgIpc) is 3.06. The minimum atomic E-state index is -1.11. The van der Waals surface area contributed by atoms with E-state index >= 15 is 0 Å². The fraction of sp³-hybridized carbons (Fsp3) is 0.421. The highest BCUT2D eigenvalue weighted by Crippen LogP contribution is 2.21. The highest BCUT2D eigenvalue weighted by molar-refractivity contribution is 9.10. The van der Waals surface area contributed by atoms with Gasteiger partial charge < -0.3 is 9.30 Å². The van der Waals surface area contributed by atoms with Crippen LogP contribution in [0.2, 0.25) is 25.7 Å². The van der Waals surface area contributed by atoms with Gasteiger partial charge in [-0.3, -0.25) is 14.3 Å². The minimum absolute atomic E-state index is 0.343. The second kappa shape index (κ2) is 8.18. The zero-order valence-corrected chi connectivity index (χ0v) is 19.1. The molecule has 0 spiro atoms. The van der Waals surface area contributed by atoms with Crippen molar-refractivity contribution in [3.05, 3.63) is 61.7 Å². The Morgan fingerprint density at radius 3 is 2.75 bits per heavy atom. The fourth-order valence-electron chi connectivity index (χ4n) is 2.96. The maximum Gasteiger partial charge on any atom is 0.329 e. The number of hydrogen-bond acceptors (Lipinski definition) is 4. The van der Waals surface area contributed by atoms with Crippen molar-refractivity contribution in [3.8, 4) is 0 Å². The third-order valence-electron chi connectivity index (χ3n) is 4.61. The first kappa shape index (κ1) is 20.8. The Morgan fingerprint density at radius 2 is 2.04 bits per heavy atom. The number of benzene rings is 1. The second-order valence-electron chi connectivity index (χ2n) is 8.13. The molecule has 2 heterocycles. The average molecular weight is 465 g/mol. The van der Waals surface area contributed by atoms with Gasteiger partial charge in [0.05, 0.1) is 29.0 Å². The second-order valence-corrected chi connectivity index (χ2v) is 14.7. The molecule has 7 nitrogen and oxygen atoms in total. The largest absolute Gasteiger partial charge is 0.361 e. The predicted molar refractivity (Wildman–Crippen MR) is 117 cm³/mol. The molecule has 0 saturated heterocycles. The Bertz CT molecular complexity index is 1100. The van der Waals surface area contributed by atoms with E-state index in [0.717, 1.165) is 22.8 Å². The summed E-state index contributed by atoms with van der Waals surface area (Å²) in [5, 5.41) is 0.462. The summed E-state index contributed by atoms with van der Waals surface area (Å²) >= 11 is 3.41. The van der Waals surface area contributed by atoms with Crippen LogP contribution in [0.15, 0.2) is 44.8 Å². The van der Waals surface area contributed by atoms with E-state index in [1.165, 1.54) is 0 Å². The zero-order valence-electron chi connectivity index (χ0n) is 16.5. The summed E-state index contributed by atoms with van der Waals surface area (Å²) in [5.74, 6) is 0. The number of rotatable bonds is 7. The fourth-order valence-corrected chi connectivity index (χ4v) is 4.06. The number of nitrogens with zero attached hydrogens (tertiary/aromatic N) is 3. The van der Waals surface area contributed by atoms with Gasteiger partial charge in [0.15, 0.2) is 0 Å². The summed E-state index contributed by atoms with van der Waals surface area (Å²) in [4.78, 5) is 31.5. The lowest BCUT2D eigenvalue weighted by Gasteiger charge is -2.16. The number of hydrogen-bond donors (Lipinski definition) is 1. The lowest BCUT2D eigenvalue weighted by atomic mass is 10.2. The maximum atomic E-state index is 12.5. The van der Waals surface area contributed by atoms with E-state index in [2.05, 4.69) is 45.5 Å². The molecule has 0 bridgehead atoms. The van der Waals surface area contributed by atoms with Crippen molar-refractivity contribution >= 4 is 34.9 Å². The number of aromatic amines is 1. The Hall–Kier alpha value is -1.97. The number of fused-ring (bicyclic) bond motifs is 1. The van der Waals surface area contributed by atoms with Crippen molar-refractivity contribution < 1.29 is 4.74 Å². The number of ether oxygens (including phenoxy) is 1. The molecule has 3 aromatic rings. The highest BCUT2D eigenvalue weighted by Gasteiger charge is 2.17. The van der Waals surface area contributed by atoms with E-state index < -0.39 is 19.3 Å². The number of aromatic nitrogens is 4. The summed E-state index contributed by atoms with van der Waals surface area (Å²) in [7, 11) is -1.11. The van der Waals surface area contributed by atoms with Gasteiger partial charge in [-0.05, 0) is 31.2 Å². The van der Waals surface area contributed by atoms with Gasteiger partial charge in [-0.1, -0.05) is 35.6 Å². The predicted octanol–water partition coefficient (Wildman–Crippen LogP) is 3.57. The molecule has 9 heteroatoms. The highest BCUT2D eigenvalue weighted by atomic mass is 79.9. The molecule has 1 atom stereocenters. The molecule has 3 rings (SSSR count). The van der Waals surface area contributed by atoms with Crippen molar-refractivity contribution in [2.45, 2.75) is 45.4 Å². The van der Waals surface area contributed by atoms with Gasteiger partial charge in [0.25, 0.3) is 5.56 Å². The van der Waals surface area contributed by atoms with Crippen molar-refractivity contribution in [2.75, 3.05) is 6.61 Å². The molecular formula is C19H25BrN4O3Si. The summed E-state index contributed by atoms with van der Waals surface area (Å²) < 4.78 is 9.98. The van der Waals surface area contributed by atoms with Gasteiger partial charge in [-0.25, -0.2) is 9.78 Å². The zero-order chi connectivity index (χ0) is 20.5. The van der Waals surface area contributed by atoms with E-state index in [-0.39, 0.29) is 6.04 Å². The SMILES string of the molecule is CC(c1cn(COCC[Si](C)(C)C)cn1)n1c(=O)[nH]c(=O)c2ccc(Br)cc21. The van der Waals surface area contributed by atoms with Crippen LogP contribution in [0.3, 0.4) is 0 Å². The molecule has 0 saturated carbocycles. The molecular weight excluding hydrogens is 440 g/mol. The minimum Gasteiger partial charge on any atom is -0.361 e. The van der Waals surface area contributed by atoms with Crippen LogP contribution >= 0.6 is 15.9 Å². The summed E-state index contributed by atoms with van der Waals surface area (Å²) in [6.07, 6.45) is 3.58. The van der Waals surface area contributed by atoms with E-state index in [1.807, 2.05) is 17.7 Å². The maximum absolute atomic E-state index is 12.5. The van der Waals surface area contributed by atoms with Crippen LogP contribution in [0.25, 0.3) is 10.9 Å². The molecule has 0 aliphatic carbocycles. The van der Waals surface area contributed by atoms with Crippen molar-refractivity contribution in [3.63, 3.8) is 0 Å². The molecule has 0 amide bonds. The normalized spacial score (nSPS) is 13.2. The monoisotopic (exact) mass is 464 g/mol. The first-order valence-electron chi connectivity index (χ1n) is 9.19. The van der Waals surface area contributed by atoms with Crippen LogP contribution in [-0.4, -0.2) is 33.8 Å². The van der Waals surface area contributed by atoms with Gasteiger partial charge >= 0.3 is 5.69 Å². The smallest absolute Gasteiger partial charge is 0.329 e. The quantitative estimate of drug-likeness (QED) is 0.427. The molecule has 1 aromatic carbocycles. The van der Waals surface area contributed by atoms with E-state index in [4.69, 9.17) is 4.74 Å². The molecule has 0 aliphatic heterocycles. The lowest BCUT2D eigenvalue weighted by molar-refractivity contribution is 0.0870. The van der Waals surface area contributed by atoms with Crippen molar-refractivity contribution in [1.29, 1.82) is 0 Å². The molecule has 0 fully saturated rings. The van der Waals surface area contributed by atoms with Gasteiger partial charge in [0.1, 0.15) is 6.73 Å². The third kappa shape index (κ3) is 4.71.